The van der Waals surface area contributed by atoms with Crippen LogP contribution in [0, 0.1) is 11.3 Å². The quantitative estimate of drug-likeness (QED) is 0.891. The van der Waals surface area contributed by atoms with Crippen LogP contribution in [0.2, 0.25) is 0 Å². The molecule has 1 aliphatic rings. The van der Waals surface area contributed by atoms with Gasteiger partial charge in [-0.1, -0.05) is 0 Å². The molecule has 0 radical (unpaired) electrons. The van der Waals surface area contributed by atoms with Crippen molar-refractivity contribution in [3.63, 3.8) is 0 Å². The Balaban J connectivity index is 2.46. The molecule has 1 aromatic rings. The molecule has 0 amide bonds. The Morgan fingerprint density at radius 3 is 2.64 bits per heavy atom. The molecule has 5 nitrogen and oxygen atoms in total. The Morgan fingerprint density at radius 2 is 2.09 bits per heavy atom. The highest BCUT2D eigenvalue weighted by Gasteiger charge is 2.36. The Kier molecular flexibility index (Phi) is 4.47. The molecular formula is C13H14F3N3O2S. The van der Waals surface area contributed by atoms with Crippen LogP contribution in [-0.4, -0.2) is 38.4 Å². The van der Waals surface area contributed by atoms with Gasteiger partial charge in [0.05, 0.1) is 22.1 Å². The zero-order valence-electron chi connectivity index (χ0n) is 11.7. The number of halogens is 3. The molecule has 1 saturated heterocycles. The van der Waals surface area contributed by atoms with Crippen molar-refractivity contribution < 1.29 is 21.6 Å². The molecular weight excluding hydrogens is 319 g/mol. The van der Waals surface area contributed by atoms with E-state index >= 15 is 0 Å². The van der Waals surface area contributed by atoms with Gasteiger partial charge in [-0.2, -0.15) is 22.7 Å². The molecule has 0 aromatic heterocycles. The van der Waals surface area contributed by atoms with E-state index in [4.69, 9.17) is 5.26 Å². The summed E-state index contributed by atoms with van der Waals surface area (Å²) in [5, 5.41) is 11.8. The van der Waals surface area contributed by atoms with Crippen LogP contribution in [0.4, 0.5) is 13.2 Å². The molecule has 1 atom stereocenters. The number of piperazine rings is 1. The van der Waals surface area contributed by atoms with Gasteiger partial charge < -0.3 is 5.32 Å². The van der Waals surface area contributed by atoms with Gasteiger partial charge >= 0.3 is 6.18 Å². The van der Waals surface area contributed by atoms with Gasteiger partial charge in [0.15, 0.2) is 0 Å². The number of hydrogen-bond acceptors (Lipinski definition) is 4. The Bertz CT molecular complexity index is 710. The lowest BCUT2D eigenvalue weighted by molar-refractivity contribution is -0.137. The molecule has 0 spiro atoms. The molecule has 1 N–H and O–H groups in total. The predicted octanol–water partition coefficient (Wildman–Crippen LogP) is 1.56. The topological polar surface area (TPSA) is 73.2 Å². The van der Waals surface area contributed by atoms with E-state index in [2.05, 4.69) is 5.32 Å². The first-order chi connectivity index (χ1) is 10.2. The lowest BCUT2D eigenvalue weighted by Crippen LogP contribution is -2.51. The SMILES string of the molecule is C[C@@H]1CN(S(=O)(=O)c2ccc(C#N)c(C(F)(F)F)c2)CCN1. The summed E-state index contributed by atoms with van der Waals surface area (Å²) in [5.74, 6) is 0. The van der Waals surface area contributed by atoms with Crippen molar-refractivity contribution in [1.29, 1.82) is 5.26 Å². The number of benzene rings is 1. The summed E-state index contributed by atoms with van der Waals surface area (Å²) < 4.78 is 64.9. The van der Waals surface area contributed by atoms with E-state index in [-0.39, 0.29) is 19.1 Å². The largest absolute Gasteiger partial charge is 0.417 e. The number of nitrogens with zero attached hydrogens (tertiary/aromatic N) is 2. The molecule has 1 fully saturated rings. The molecule has 120 valence electrons. The highest BCUT2D eigenvalue weighted by molar-refractivity contribution is 7.89. The molecule has 0 bridgehead atoms. The minimum Gasteiger partial charge on any atom is -0.312 e. The van der Waals surface area contributed by atoms with Gasteiger partial charge in [0.25, 0.3) is 0 Å². The van der Waals surface area contributed by atoms with Crippen molar-refractivity contribution >= 4 is 10.0 Å². The van der Waals surface area contributed by atoms with E-state index in [0.29, 0.717) is 12.6 Å². The van der Waals surface area contributed by atoms with Gasteiger partial charge in [-0.3, -0.25) is 0 Å². The highest BCUT2D eigenvalue weighted by atomic mass is 32.2. The molecule has 0 aliphatic carbocycles. The van der Waals surface area contributed by atoms with Crippen LogP contribution in [0.3, 0.4) is 0 Å². The predicted molar refractivity (Wildman–Crippen MR) is 72.4 cm³/mol. The summed E-state index contributed by atoms with van der Waals surface area (Å²) >= 11 is 0. The maximum atomic E-state index is 12.9. The first-order valence-electron chi connectivity index (χ1n) is 6.51. The number of hydrogen-bond donors (Lipinski definition) is 1. The summed E-state index contributed by atoms with van der Waals surface area (Å²) in [5.41, 5.74) is -1.83. The average Bonchev–Trinajstić information content (AvgIpc) is 2.45. The molecule has 9 heteroatoms. The minimum absolute atomic E-state index is 0.0796. The average molecular weight is 333 g/mol. The highest BCUT2D eigenvalue weighted by Crippen LogP contribution is 2.34. The van der Waals surface area contributed by atoms with E-state index in [1.165, 1.54) is 6.07 Å². The monoisotopic (exact) mass is 333 g/mol. The van der Waals surface area contributed by atoms with Crippen molar-refractivity contribution in [1.82, 2.24) is 9.62 Å². The van der Waals surface area contributed by atoms with Crippen LogP contribution >= 0.6 is 0 Å². The molecule has 0 saturated carbocycles. The van der Waals surface area contributed by atoms with E-state index in [0.717, 1.165) is 16.4 Å². The molecule has 1 aromatic carbocycles. The van der Waals surface area contributed by atoms with Crippen molar-refractivity contribution in [2.24, 2.45) is 0 Å². The minimum atomic E-state index is -4.78. The fourth-order valence-corrected chi connectivity index (χ4v) is 3.84. The summed E-state index contributed by atoms with van der Waals surface area (Å²) in [4.78, 5) is -0.451. The third-order valence-corrected chi connectivity index (χ3v) is 5.25. The van der Waals surface area contributed by atoms with Crippen LogP contribution < -0.4 is 5.32 Å². The second-order valence-electron chi connectivity index (χ2n) is 5.04. The maximum absolute atomic E-state index is 12.9. The first-order valence-corrected chi connectivity index (χ1v) is 7.95. The fraction of sp³-hybridized carbons (Fsp3) is 0.462. The number of nitrogens with one attached hydrogen (secondary N) is 1. The van der Waals surface area contributed by atoms with E-state index in [1.807, 2.05) is 0 Å². The maximum Gasteiger partial charge on any atom is 0.417 e. The number of rotatable bonds is 2. The van der Waals surface area contributed by atoms with Crippen molar-refractivity contribution in [3.05, 3.63) is 29.3 Å². The fourth-order valence-electron chi connectivity index (χ4n) is 2.28. The molecule has 2 rings (SSSR count). The van der Waals surface area contributed by atoms with E-state index in [1.54, 1.807) is 6.92 Å². The summed E-state index contributed by atoms with van der Waals surface area (Å²) in [6.07, 6.45) is -4.78. The number of nitriles is 1. The molecule has 1 heterocycles. The van der Waals surface area contributed by atoms with Gasteiger partial charge in [0.1, 0.15) is 0 Å². The number of sulfonamides is 1. The van der Waals surface area contributed by atoms with Crippen LogP contribution in [0.5, 0.6) is 0 Å². The third-order valence-electron chi connectivity index (χ3n) is 3.39. The zero-order valence-corrected chi connectivity index (χ0v) is 12.5. The standard InChI is InChI=1S/C13H14F3N3O2S/c1-9-8-19(5-4-18-9)22(20,21)11-3-2-10(7-17)12(6-11)13(14,15)16/h2-3,6,9,18H,4-5,8H2,1H3/t9-/m1/s1. The third kappa shape index (κ3) is 3.24. The van der Waals surface area contributed by atoms with Crippen LogP contribution in [-0.2, 0) is 16.2 Å². The Morgan fingerprint density at radius 1 is 1.41 bits per heavy atom. The summed E-state index contributed by atoms with van der Waals surface area (Å²) in [7, 11) is -4.02. The van der Waals surface area contributed by atoms with Crippen molar-refractivity contribution in [3.8, 4) is 6.07 Å². The smallest absolute Gasteiger partial charge is 0.312 e. The van der Waals surface area contributed by atoms with Gasteiger partial charge in [0.2, 0.25) is 10.0 Å². The van der Waals surface area contributed by atoms with Gasteiger partial charge in [0, 0.05) is 25.7 Å². The lowest BCUT2D eigenvalue weighted by Gasteiger charge is -2.31. The summed E-state index contributed by atoms with van der Waals surface area (Å²) in [6, 6.07) is 3.81. The van der Waals surface area contributed by atoms with Gasteiger partial charge in [-0.25, -0.2) is 8.42 Å². The second-order valence-corrected chi connectivity index (χ2v) is 6.97. The van der Waals surface area contributed by atoms with Crippen LogP contribution in [0.1, 0.15) is 18.1 Å². The molecule has 0 unspecified atom stereocenters. The van der Waals surface area contributed by atoms with E-state index in [9.17, 15) is 21.6 Å². The van der Waals surface area contributed by atoms with Gasteiger partial charge in [-0.05, 0) is 25.1 Å². The zero-order chi connectivity index (χ0) is 16.5. The van der Waals surface area contributed by atoms with Crippen molar-refractivity contribution in [2.75, 3.05) is 19.6 Å². The molecule has 22 heavy (non-hydrogen) atoms. The van der Waals surface area contributed by atoms with Gasteiger partial charge in [-0.15, -0.1) is 0 Å². The lowest BCUT2D eigenvalue weighted by atomic mass is 10.1. The van der Waals surface area contributed by atoms with Crippen LogP contribution in [0.15, 0.2) is 23.1 Å². The normalized spacial score (nSPS) is 20.6. The van der Waals surface area contributed by atoms with Crippen LogP contribution in [0.25, 0.3) is 0 Å². The molecule has 1 aliphatic heterocycles. The Labute approximate surface area is 126 Å². The Hall–Kier alpha value is -1.63. The summed E-state index contributed by atoms with van der Waals surface area (Å²) in [6.45, 7) is 2.60. The number of alkyl halides is 3. The first kappa shape index (κ1) is 16.7. The van der Waals surface area contributed by atoms with E-state index < -0.39 is 32.2 Å². The second kappa shape index (κ2) is 5.87. The van der Waals surface area contributed by atoms with Crippen molar-refractivity contribution in [2.45, 2.75) is 24.0 Å².